The molecule has 2 aliphatic heterocycles. The van der Waals surface area contributed by atoms with Crippen molar-refractivity contribution < 1.29 is 19.1 Å². The fourth-order valence-electron chi connectivity index (χ4n) is 4.41. The van der Waals surface area contributed by atoms with Crippen molar-refractivity contribution in [3.8, 4) is 0 Å². The van der Waals surface area contributed by atoms with Crippen molar-refractivity contribution in [1.82, 2.24) is 0 Å². The van der Waals surface area contributed by atoms with Crippen molar-refractivity contribution in [2.24, 2.45) is 0 Å². The lowest BCUT2D eigenvalue weighted by atomic mass is 9.92. The van der Waals surface area contributed by atoms with Crippen LogP contribution in [-0.2, 0) is 22.6 Å². The van der Waals surface area contributed by atoms with Gasteiger partial charge in [0.15, 0.2) is 0 Å². The standard InChI is InChI=1S/C23H26N2O4/c1-5-28-22(26)20-14(3)7-9-18-16(20)11-24-13-25(18)12-17-19(24)10-8-15(4)21(17)23(27)29-6-2/h7-10H,5-6,11-13H2,1-4H3. The lowest BCUT2D eigenvalue weighted by molar-refractivity contribution is 0.0515. The number of benzene rings is 2. The van der Waals surface area contributed by atoms with E-state index in [1.54, 1.807) is 0 Å². The molecule has 2 aromatic carbocycles. The van der Waals surface area contributed by atoms with Crippen molar-refractivity contribution in [1.29, 1.82) is 0 Å². The molecular formula is C23H26N2O4. The topological polar surface area (TPSA) is 59.1 Å². The molecule has 2 bridgehead atoms. The van der Waals surface area contributed by atoms with Crippen LogP contribution in [0.5, 0.6) is 0 Å². The molecule has 0 atom stereocenters. The summed E-state index contributed by atoms with van der Waals surface area (Å²) in [5.41, 5.74) is 7.16. The number of carbonyl (C=O) groups is 2. The highest BCUT2D eigenvalue weighted by molar-refractivity contribution is 5.97. The number of fused-ring (bicyclic) bond motifs is 6. The number of hydrogen-bond acceptors (Lipinski definition) is 6. The molecule has 152 valence electrons. The molecule has 2 aromatic rings. The normalized spacial score (nSPS) is 14.2. The third-order valence-electron chi connectivity index (χ3n) is 5.67. The van der Waals surface area contributed by atoms with Crippen molar-refractivity contribution in [3.63, 3.8) is 0 Å². The predicted octanol–water partition coefficient (Wildman–Crippen LogP) is 3.95. The zero-order valence-electron chi connectivity index (χ0n) is 17.4. The first-order valence-corrected chi connectivity index (χ1v) is 10.0. The third kappa shape index (κ3) is 3.12. The SMILES string of the molecule is CCOC(=O)c1c(C)ccc2c1CN1CN2Cc2c1ccc(C)c2C(=O)OCC. The van der Waals surface area contributed by atoms with Gasteiger partial charge in [-0.3, -0.25) is 0 Å². The molecule has 6 nitrogen and oxygen atoms in total. The molecule has 0 N–H and O–H groups in total. The van der Waals surface area contributed by atoms with E-state index in [0.717, 1.165) is 40.3 Å². The Labute approximate surface area is 171 Å². The summed E-state index contributed by atoms with van der Waals surface area (Å²) < 4.78 is 10.6. The van der Waals surface area contributed by atoms with E-state index < -0.39 is 0 Å². The van der Waals surface area contributed by atoms with E-state index in [4.69, 9.17) is 9.47 Å². The van der Waals surface area contributed by atoms with Gasteiger partial charge >= 0.3 is 11.9 Å². The van der Waals surface area contributed by atoms with Gasteiger partial charge in [-0.05, 0) is 51.0 Å². The second kappa shape index (κ2) is 7.43. The largest absolute Gasteiger partial charge is 0.462 e. The number of nitrogens with zero attached hydrogens (tertiary/aromatic N) is 2. The van der Waals surface area contributed by atoms with Crippen LogP contribution in [0.3, 0.4) is 0 Å². The number of esters is 2. The van der Waals surface area contributed by atoms with E-state index >= 15 is 0 Å². The molecule has 0 aliphatic carbocycles. The summed E-state index contributed by atoms with van der Waals surface area (Å²) >= 11 is 0. The highest BCUT2D eigenvalue weighted by Crippen LogP contribution is 2.42. The van der Waals surface area contributed by atoms with E-state index in [1.807, 2.05) is 39.8 Å². The molecule has 0 saturated carbocycles. The first-order chi connectivity index (χ1) is 14.0. The maximum absolute atomic E-state index is 12.6. The number of carbonyl (C=O) groups excluding carboxylic acids is 2. The Morgan fingerprint density at radius 3 is 1.59 bits per heavy atom. The molecular weight excluding hydrogens is 368 g/mol. The number of aryl methyl sites for hydroxylation is 2. The second-order valence-corrected chi connectivity index (χ2v) is 7.49. The Bertz CT molecular complexity index is 919. The van der Waals surface area contributed by atoms with Gasteiger partial charge in [0, 0.05) is 35.6 Å². The molecule has 2 aliphatic rings. The first-order valence-electron chi connectivity index (χ1n) is 10.0. The second-order valence-electron chi connectivity index (χ2n) is 7.49. The third-order valence-corrected chi connectivity index (χ3v) is 5.67. The molecule has 4 rings (SSSR count). The number of hydrogen-bond donors (Lipinski definition) is 0. The Morgan fingerprint density at radius 1 is 0.793 bits per heavy atom. The average molecular weight is 394 g/mol. The molecule has 0 radical (unpaired) electrons. The number of anilines is 2. The highest BCUT2D eigenvalue weighted by Gasteiger charge is 2.35. The quantitative estimate of drug-likeness (QED) is 0.732. The Morgan fingerprint density at radius 2 is 1.21 bits per heavy atom. The van der Waals surface area contributed by atoms with Crippen LogP contribution in [0.2, 0.25) is 0 Å². The van der Waals surface area contributed by atoms with E-state index in [1.165, 1.54) is 0 Å². The highest BCUT2D eigenvalue weighted by atomic mass is 16.5. The van der Waals surface area contributed by atoms with Crippen LogP contribution in [0.25, 0.3) is 0 Å². The van der Waals surface area contributed by atoms with Crippen molar-refractivity contribution >= 4 is 23.3 Å². The molecule has 0 spiro atoms. The van der Waals surface area contributed by atoms with Crippen LogP contribution in [0.1, 0.15) is 56.8 Å². The van der Waals surface area contributed by atoms with Gasteiger partial charge in [-0.25, -0.2) is 9.59 Å². The van der Waals surface area contributed by atoms with Gasteiger partial charge in [-0.2, -0.15) is 0 Å². The van der Waals surface area contributed by atoms with Gasteiger partial charge in [0.1, 0.15) is 0 Å². The van der Waals surface area contributed by atoms with Crippen LogP contribution in [0, 0.1) is 13.8 Å². The maximum atomic E-state index is 12.6. The smallest absolute Gasteiger partial charge is 0.338 e. The lowest BCUT2D eigenvalue weighted by Crippen LogP contribution is -2.47. The molecule has 2 heterocycles. The monoisotopic (exact) mass is 394 g/mol. The van der Waals surface area contributed by atoms with E-state index in [2.05, 4.69) is 21.9 Å². The molecule has 0 aromatic heterocycles. The summed E-state index contributed by atoms with van der Waals surface area (Å²) in [6.07, 6.45) is 0. The summed E-state index contributed by atoms with van der Waals surface area (Å²) in [6.45, 7) is 10.1. The minimum atomic E-state index is -0.277. The van der Waals surface area contributed by atoms with Gasteiger partial charge in [0.05, 0.1) is 31.0 Å². The summed E-state index contributed by atoms with van der Waals surface area (Å²) in [4.78, 5) is 29.7. The van der Waals surface area contributed by atoms with Gasteiger partial charge < -0.3 is 19.3 Å². The Kier molecular flexibility index (Phi) is 4.94. The maximum Gasteiger partial charge on any atom is 0.338 e. The fourth-order valence-corrected chi connectivity index (χ4v) is 4.41. The molecule has 6 heteroatoms. The molecule has 0 saturated heterocycles. The van der Waals surface area contributed by atoms with E-state index in [-0.39, 0.29) is 11.9 Å². The predicted molar refractivity (Wildman–Crippen MR) is 112 cm³/mol. The van der Waals surface area contributed by atoms with Crippen molar-refractivity contribution in [2.75, 3.05) is 29.7 Å². The van der Waals surface area contributed by atoms with E-state index in [0.29, 0.717) is 37.4 Å². The van der Waals surface area contributed by atoms with Gasteiger partial charge in [0.2, 0.25) is 0 Å². The molecule has 0 unspecified atom stereocenters. The van der Waals surface area contributed by atoms with Gasteiger partial charge in [0.25, 0.3) is 0 Å². The summed E-state index contributed by atoms with van der Waals surface area (Å²) in [7, 11) is 0. The molecule has 29 heavy (non-hydrogen) atoms. The van der Waals surface area contributed by atoms with Crippen molar-refractivity contribution in [3.05, 3.63) is 57.6 Å². The van der Waals surface area contributed by atoms with Gasteiger partial charge in [-0.1, -0.05) is 12.1 Å². The lowest BCUT2D eigenvalue weighted by Gasteiger charge is -2.46. The van der Waals surface area contributed by atoms with Crippen LogP contribution in [0.15, 0.2) is 24.3 Å². The van der Waals surface area contributed by atoms with Crippen LogP contribution in [-0.4, -0.2) is 31.8 Å². The van der Waals surface area contributed by atoms with E-state index in [9.17, 15) is 9.59 Å². The zero-order valence-corrected chi connectivity index (χ0v) is 17.4. The number of ether oxygens (including phenoxy) is 2. The molecule has 0 amide bonds. The minimum Gasteiger partial charge on any atom is -0.462 e. The summed E-state index contributed by atoms with van der Waals surface area (Å²) in [6, 6.07) is 8.07. The summed E-state index contributed by atoms with van der Waals surface area (Å²) in [5.74, 6) is -0.555. The Balaban J connectivity index is 1.81. The van der Waals surface area contributed by atoms with Gasteiger partial charge in [-0.15, -0.1) is 0 Å². The Hall–Kier alpha value is -3.02. The van der Waals surface area contributed by atoms with Crippen molar-refractivity contribution in [2.45, 2.75) is 40.8 Å². The minimum absolute atomic E-state index is 0.277. The average Bonchev–Trinajstić information content (AvgIpc) is 2.67. The van der Waals surface area contributed by atoms with Crippen LogP contribution in [0.4, 0.5) is 11.4 Å². The zero-order chi connectivity index (χ0) is 20.7. The first kappa shape index (κ1) is 19.3. The van der Waals surface area contributed by atoms with Crippen LogP contribution < -0.4 is 9.80 Å². The van der Waals surface area contributed by atoms with Crippen LogP contribution >= 0.6 is 0 Å². The number of rotatable bonds is 4. The molecule has 0 fully saturated rings. The fraction of sp³-hybridized carbons (Fsp3) is 0.391. The summed E-state index contributed by atoms with van der Waals surface area (Å²) in [5, 5.41) is 0.